The van der Waals surface area contributed by atoms with Crippen molar-refractivity contribution in [3.63, 3.8) is 0 Å². The summed E-state index contributed by atoms with van der Waals surface area (Å²) >= 11 is 0. The Hall–Kier alpha value is -0.160. The van der Waals surface area contributed by atoms with Crippen LogP contribution in [-0.4, -0.2) is 38.5 Å². The van der Waals surface area contributed by atoms with Crippen molar-refractivity contribution in [1.29, 1.82) is 0 Å². The molecule has 0 saturated carbocycles. The van der Waals surface area contributed by atoms with E-state index >= 15 is 0 Å². The van der Waals surface area contributed by atoms with Crippen LogP contribution in [-0.2, 0) is 0 Å². The van der Waals surface area contributed by atoms with Gasteiger partial charge in [-0.3, -0.25) is 10.6 Å². The molecular formula is C6H16N3O. The molecule has 0 aromatic rings. The normalized spacial score (nSPS) is 12.0. The first-order chi connectivity index (χ1) is 4.74. The highest BCUT2D eigenvalue weighted by molar-refractivity contribution is 4.93. The number of hydrogen-bond donors (Lipinski definition) is 4. The van der Waals surface area contributed by atoms with Crippen LogP contribution in [0.15, 0.2) is 0 Å². The van der Waals surface area contributed by atoms with E-state index in [1.165, 1.54) is 0 Å². The van der Waals surface area contributed by atoms with Crippen LogP contribution in [0.4, 0.5) is 0 Å². The van der Waals surface area contributed by atoms with E-state index in [2.05, 4.69) is 16.0 Å². The molecule has 0 aliphatic rings. The van der Waals surface area contributed by atoms with Gasteiger partial charge in [-0.25, -0.2) is 0 Å². The lowest BCUT2D eigenvalue weighted by molar-refractivity contribution is 0.164. The zero-order valence-corrected chi connectivity index (χ0v) is 6.73. The summed E-state index contributed by atoms with van der Waals surface area (Å²) in [6.45, 7) is 1.77. The van der Waals surface area contributed by atoms with Gasteiger partial charge in [0.25, 0.3) is 0 Å². The standard InChI is InChI=1S/C6H16N3O/c1-7-4-6(5-10,8-2)9-3/h4,7-10H,5H2,1-3H3. The van der Waals surface area contributed by atoms with Gasteiger partial charge >= 0.3 is 0 Å². The molecule has 0 atom stereocenters. The molecule has 0 amide bonds. The highest BCUT2D eigenvalue weighted by Crippen LogP contribution is 1.97. The minimum Gasteiger partial charge on any atom is -0.393 e. The highest BCUT2D eigenvalue weighted by atomic mass is 16.3. The Balaban J connectivity index is 3.87. The first-order valence-corrected chi connectivity index (χ1v) is 3.25. The Labute approximate surface area is 62.0 Å². The molecule has 0 bridgehead atoms. The van der Waals surface area contributed by atoms with Crippen molar-refractivity contribution >= 4 is 0 Å². The molecular weight excluding hydrogens is 130 g/mol. The van der Waals surface area contributed by atoms with Gasteiger partial charge in [0.2, 0.25) is 0 Å². The minimum absolute atomic E-state index is 0.0147. The summed E-state index contributed by atoms with van der Waals surface area (Å²) < 4.78 is 0. The Kier molecular flexibility index (Phi) is 4.55. The molecule has 0 aliphatic heterocycles. The van der Waals surface area contributed by atoms with Crippen LogP contribution >= 0.6 is 0 Å². The van der Waals surface area contributed by atoms with Crippen molar-refractivity contribution < 1.29 is 5.11 Å². The van der Waals surface area contributed by atoms with Gasteiger partial charge < -0.3 is 10.4 Å². The predicted octanol–water partition coefficient (Wildman–Crippen LogP) is -1.51. The molecule has 0 rings (SSSR count). The van der Waals surface area contributed by atoms with Gasteiger partial charge in [-0.1, -0.05) is 0 Å². The van der Waals surface area contributed by atoms with E-state index in [-0.39, 0.29) is 6.61 Å². The second kappa shape index (κ2) is 4.62. The molecule has 0 aliphatic carbocycles. The Morgan fingerprint density at radius 3 is 1.90 bits per heavy atom. The molecule has 61 valence electrons. The van der Waals surface area contributed by atoms with Crippen molar-refractivity contribution in [3.8, 4) is 0 Å². The fraction of sp³-hybridized carbons (Fsp3) is 0.833. The topological polar surface area (TPSA) is 56.3 Å². The quantitative estimate of drug-likeness (QED) is 0.356. The summed E-state index contributed by atoms with van der Waals surface area (Å²) in [6.07, 6.45) is 0. The van der Waals surface area contributed by atoms with Gasteiger partial charge in [-0.2, -0.15) is 0 Å². The second-order valence-electron chi connectivity index (χ2n) is 2.06. The zero-order valence-electron chi connectivity index (χ0n) is 6.73. The number of aliphatic hydroxyl groups is 1. The van der Waals surface area contributed by atoms with Crippen LogP contribution in [0.5, 0.6) is 0 Å². The monoisotopic (exact) mass is 146 g/mol. The average Bonchev–Trinajstić information content (AvgIpc) is 2.01. The molecule has 0 unspecified atom stereocenters. The van der Waals surface area contributed by atoms with Crippen LogP contribution in [0.25, 0.3) is 0 Å². The molecule has 0 aromatic heterocycles. The van der Waals surface area contributed by atoms with Crippen molar-refractivity contribution in [2.45, 2.75) is 5.66 Å². The van der Waals surface area contributed by atoms with Crippen LogP contribution < -0.4 is 16.0 Å². The van der Waals surface area contributed by atoms with Gasteiger partial charge in [0.15, 0.2) is 0 Å². The summed E-state index contributed by atoms with van der Waals surface area (Å²) in [5, 5.41) is 17.6. The maximum atomic E-state index is 8.91. The van der Waals surface area contributed by atoms with Gasteiger partial charge in [0.1, 0.15) is 5.66 Å². The molecule has 4 N–H and O–H groups in total. The first-order valence-electron chi connectivity index (χ1n) is 3.25. The number of rotatable bonds is 5. The molecule has 10 heavy (non-hydrogen) atoms. The lowest BCUT2D eigenvalue weighted by Crippen LogP contribution is -2.59. The zero-order chi connectivity index (χ0) is 8.04. The van der Waals surface area contributed by atoms with Crippen LogP contribution in [0.1, 0.15) is 0 Å². The van der Waals surface area contributed by atoms with Crippen LogP contribution in [0.2, 0.25) is 0 Å². The lowest BCUT2D eigenvalue weighted by Gasteiger charge is -2.30. The third-order valence-electron chi connectivity index (χ3n) is 1.53. The Morgan fingerprint density at radius 1 is 1.30 bits per heavy atom. The SMILES string of the molecule is CN[CH]C(CO)(NC)NC. The van der Waals surface area contributed by atoms with E-state index < -0.39 is 5.66 Å². The van der Waals surface area contributed by atoms with E-state index in [1.54, 1.807) is 27.7 Å². The lowest BCUT2D eigenvalue weighted by atomic mass is 10.2. The summed E-state index contributed by atoms with van der Waals surface area (Å²) in [5.74, 6) is 0. The third kappa shape index (κ3) is 2.22. The van der Waals surface area contributed by atoms with Crippen molar-refractivity contribution in [1.82, 2.24) is 16.0 Å². The number of hydrogen-bond acceptors (Lipinski definition) is 4. The number of nitrogens with one attached hydrogen (secondary N) is 3. The van der Waals surface area contributed by atoms with E-state index in [0.29, 0.717) is 0 Å². The molecule has 0 aromatic carbocycles. The predicted molar refractivity (Wildman–Crippen MR) is 41.3 cm³/mol. The number of aliphatic hydroxyl groups excluding tert-OH is 1. The molecule has 1 radical (unpaired) electrons. The maximum Gasteiger partial charge on any atom is 0.109 e. The second-order valence-corrected chi connectivity index (χ2v) is 2.06. The summed E-state index contributed by atoms with van der Waals surface area (Å²) in [4.78, 5) is 0. The van der Waals surface area contributed by atoms with Gasteiger partial charge in [0, 0.05) is 0 Å². The van der Waals surface area contributed by atoms with E-state index in [0.717, 1.165) is 0 Å². The first kappa shape index (κ1) is 9.84. The summed E-state index contributed by atoms with van der Waals surface area (Å²) in [5.41, 5.74) is -0.505. The summed E-state index contributed by atoms with van der Waals surface area (Å²) in [7, 11) is 5.35. The average molecular weight is 146 g/mol. The fourth-order valence-electron chi connectivity index (χ4n) is 0.719. The molecule has 0 saturated heterocycles. The maximum absolute atomic E-state index is 8.91. The van der Waals surface area contributed by atoms with E-state index in [4.69, 9.17) is 5.11 Å². The smallest absolute Gasteiger partial charge is 0.109 e. The third-order valence-corrected chi connectivity index (χ3v) is 1.53. The van der Waals surface area contributed by atoms with Gasteiger partial charge in [0.05, 0.1) is 13.2 Å². The molecule has 0 heterocycles. The highest BCUT2D eigenvalue weighted by Gasteiger charge is 2.23. The van der Waals surface area contributed by atoms with Crippen LogP contribution in [0, 0.1) is 6.54 Å². The summed E-state index contributed by atoms with van der Waals surface area (Å²) in [6, 6.07) is 0. The van der Waals surface area contributed by atoms with Crippen molar-refractivity contribution in [2.75, 3.05) is 27.7 Å². The largest absolute Gasteiger partial charge is 0.393 e. The molecule has 4 heteroatoms. The molecule has 4 nitrogen and oxygen atoms in total. The van der Waals surface area contributed by atoms with Crippen molar-refractivity contribution in [2.24, 2.45) is 0 Å². The van der Waals surface area contributed by atoms with Gasteiger partial charge in [-0.05, 0) is 21.1 Å². The van der Waals surface area contributed by atoms with Crippen LogP contribution in [0.3, 0.4) is 0 Å². The minimum atomic E-state index is -0.505. The Morgan fingerprint density at radius 2 is 1.80 bits per heavy atom. The van der Waals surface area contributed by atoms with Gasteiger partial charge in [-0.15, -0.1) is 0 Å². The Bertz CT molecular complexity index is 74.8. The van der Waals surface area contributed by atoms with Crippen molar-refractivity contribution in [3.05, 3.63) is 6.54 Å². The van der Waals surface area contributed by atoms with E-state index in [1.807, 2.05) is 0 Å². The molecule has 0 spiro atoms. The molecule has 0 fully saturated rings. The number of likely N-dealkylation sites (N-methyl/N-ethyl adjacent to an activating group) is 3. The fourth-order valence-corrected chi connectivity index (χ4v) is 0.719. The van der Waals surface area contributed by atoms with E-state index in [9.17, 15) is 0 Å².